The van der Waals surface area contributed by atoms with Gasteiger partial charge in [0.2, 0.25) is 0 Å². The standard InChI is InChI=1S/C12H15NO3/c14-12(7-13-8-12)9-2-3-10-11(6-9)16-5-1-4-15-10/h2-3,6,13-14H,1,4-5,7-8H2. The van der Waals surface area contributed by atoms with Gasteiger partial charge < -0.3 is 19.9 Å². The zero-order chi connectivity index (χ0) is 11.0. The molecule has 2 N–H and O–H groups in total. The first-order chi connectivity index (χ1) is 7.78. The number of β-amino-alcohol motifs (C(OH)–C–C–N with tert-alkyl or cyclic N) is 1. The average Bonchev–Trinajstić information content (AvgIpc) is 2.49. The summed E-state index contributed by atoms with van der Waals surface area (Å²) in [5.74, 6) is 1.52. The lowest BCUT2D eigenvalue weighted by Gasteiger charge is -2.38. The van der Waals surface area contributed by atoms with Crippen LogP contribution in [0.3, 0.4) is 0 Å². The first kappa shape index (κ1) is 9.93. The van der Waals surface area contributed by atoms with Gasteiger partial charge in [0.1, 0.15) is 5.60 Å². The smallest absolute Gasteiger partial charge is 0.161 e. The number of nitrogens with one attached hydrogen (secondary N) is 1. The summed E-state index contributed by atoms with van der Waals surface area (Å²) in [6.45, 7) is 2.57. The van der Waals surface area contributed by atoms with Gasteiger partial charge in [-0.25, -0.2) is 0 Å². The molecule has 16 heavy (non-hydrogen) atoms. The van der Waals surface area contributed by atoms with Gasteiger partial charge in [0.15, 0.2) is 11.5 Å². The van der Waals surface area contributed by atoms with Crippen molar-refractivity contribution in [3.63, 3.8) is 0 Å². The summed E-state index contributed by atoms with van der Waals surface area (Å²) in [7, 11) is 0. The molecule has 86 valence electrons. The molecule has 0 atom stereocenters. The highest BCUT2D eigenvalue weighted by Gasteiger charge is 2.36. The Bertz CT molecular complexity index is 401. The molecule has 0 amide bonds. The van der Waals surface area contributed by atoms with Crippen LogP contribution >= 0.6 is 0 Å². The predicted octanol–water partition coefficient (Wildman–Crippen LogP) is 0.639. The van der Waals surface area contributed by atoms with E-state index in [1.165, 1.54) is 0 Å². The molecule has 0 aromatic heterocycles. The minimum Gasteiger partial charge on any atom is -0.490 e. The molecule has 0 saturated carbocycles. The zero-order valence-electron chi connectivity index (χ0n) is 9.03. The maximum Gasteiger partial charge on any atom is 0.161 e. The third kappa shape index (κ3) is 1.54. The van der Waals surface area contributed by atoms with Crippen molar-refractivity contribution in [3.05, 3.63) is 23.8 Å². The van der Waals surface area contributed by atoms with Gasteiger partial charge >= 0.3 is 0 Å². The van der Waals surface area contributed by atoms with E-state index in [-0.39, 0.29) is 0 Å². The van der Waals surface area contributed by atoms with Crippen LogP contribution in [0.5, 0.6) is 11.5 Å². The predicted molar refractivity (Wildman–Crippen MR) is 58.8 cm³/mol. The second-order valence-electron chi connectivity index (χ2n) is 4.35. The van der Waals surface area contributed by atoms with Crippen LogP contribution in [-0.4, -0.2) is 31.4 Å². The minimum atomic E-state index is -0.731. The van der Waals surface area contributed by atoms with Crippen LogP contribution in [0.1, 0.15) is 12.0 Å². The molecule has 2 heterocycles. The summed E-state index contributed by atoms with van der Waals surface area (Å²) < 4.78 is 11.1. The van der Waals surface area contributed by atoms with E-state index in [2.05, 4.69) is 5.32 Å². The third-order valence-electron chi connectivity index (χ3n) is 3.12. The van der Waals surface area contributed by atoms with E-state index in [4.69, 9.17) is 9.47 Å². The van der Waals surface area contributed by atoms with Crippen LogP contribution in [0.25, 0.3) is 0 Å². The van der Waals surface area contributed by atoms with Crippen LogP contribution < -0.4 is 14.8 Å². The normalized spacial score (nSPS) is 22.1. The van der Waals surface area contributed by atoms with E-state index in [1.807, 2.05) is 18.2 Å². The highest BCUT2D eigenvalue weighted by Crippen LogP contribution is 2.35. The molecule has 2 aliphatic heterocycles. The monoisotopic (exact) mass is 221 g/mol. The summed E-state index contributed by atoms with van der Waals surface area (Å²) >= 11 is 0. The topological polar surface area (TPSA) is 50.7 Å². The largest absolute Gasteiger partial charge is 0.490 e. The van der Waals surface area contributed by atoms with Crippen molar-refractivity contribution < 1.29 is 14.6 Å². The number of fused-ring (bicyclic) bond motifs is 1. The van der Waals surface area contributed by atoms with Crippen LogP contribution in [0.15, 0.2) is 18.2 Å². The van der Waals surface area contributed by atoms with E-state index >= 15 is 0 Å². The van der Waals surface area contributed by atoms with Crippen molar-refractivity contribution in [3.8, 4) is 11.5 Å². The molecule has 1 aromatic rings. The number of ether oxygens (including phenoxy) is 2. The third-order valence-corrected chi connectivity index (χ3v) is 3.12. The molecule has 0 unspecified atom stereocenters. The Kier molecular flexibility index (Phi) is 2.26. The number of rotatable bonds is 1. The van der Waals surface area contributed by atoms with E-state index in [0.29, 0.717) is 26.3 Å². The Labute approximate surface area is 94.2 Å². The van der Waals surface area contributed by atoms with E-state index < -0.39 is 5.60 Å². The van der Waals surface area contributed by atoms with Crippen LogP contribution in [0.2, 0.25) is 0 Å². The lowest BCUT2D eigenvalue weighted by molar-refractivity contribution is -0.0148. The fraction of sp³-hybridized carbons (Fsp3) is 0.500. The number of aliphatic hydroxyl groups is 1. The highest BCUT2D eigenvalue weighted by atomic mass is 16.5. The van der Waals surface area contributed by atoms with Crippen molar-refractivity contribution in [2.24, 2.45) is 0 Å². The maximum atomic E-state index is 10.2. The second-order valence-corrected chi connectivity index (χ2v) is 4.35. The molecule has 4 heteroatoms. The average molecular weight is 221 g/mol. The summed E-state index contributed by atoms with van der Waals surface area (Å²) in [5, 5.41) is 13.3. The van der Waals surface area contributed by atoms with Crippen LogP contribution in [0.4, 0.5) is 0 Å². The molecule has 0 bridgehead atoms. The van der Waals surface area contributed by atoms with Gasteiger partial charge in [0, 0.05) is 19.5 Å². The molecule has 0 aliphatic carbocycles. The molecule has 0 radical (unpaired) electrons. The van der Waals surface area contributed by atoms with Gasteiger partial charge in [-0.1, -0.05) is 6.07 Å². The van der Waals surface area contributed by atoms with Gasteiger partial charge in [-0.2, -0.15) is 0 Å². The lowest BCUT2D eigenvalue weighted by Crippen LogP contribution is -2.56. The Morgan fingerprint density at radius 2 is 1.88 bits per heavy atom. The van der Waals surface area contributed by atoms with Crippen molar-refractivity contribution >= 4 is 0 Å². The fourth-order valence-corrected chi connectivity index (χ4v) is 2.02. The first-order valence-electron chi connectivity index (χ1n) is 5.61. The van der Waals surface area contributed by atoms with E-state index in [9.17, 15) is 5.11 Å². The van der Waals surface area contributed by atoms with Gasteiger partial charge in [0.05, 0.1) is 13.2 Å². The summed E-state index contributed by atoms with van der Waals surface area (Å²) in [6, 6.07) is 5.68. The quantitative estimate of drug-likeness (QED) is 0.730. The number of hydrogen-bond acceptors (Lipinski definition) is 4. The van der Waals surface area contributed by atoms with Gasteiger partial charge in [-0.05, 0) is 17.7 Å². The number of hydrogen-bond donors (Lipinski definition) is 2. The Balaban J connectivity index is 1.94. The SMILES string of the molecule is OC1(c2ccc3c(c2)OCCCO3)CNC1. The van der Waals surface area contributed by atoms with Crippen LogP contribution in [0, 0.1) is 0 Å². The summed E-state index contributed by atoms with van der Waals surface area (Å²) in [5.41, 5.74) is 0.167. The zero-order valence-corrected chi connectivity index (χ0v) is 9.03. The molecule has 1 aromatic carbocycles. The van der Waals surface area contributed by atoms with Crippen molar-refractivity contribution in [1.82, 2.24) is 5.32 Å². The maximum absolute atomic E-state index is 10.2. The molecule has 0 spiro atoms. The molecule has 4 nitrogen and oxygen atoms in total. The molecule has 1 fully saturated rings. The molecule has 3 rings (SSSR count). The van der Waals surface area contributed by atoms with E-state index in [0.717, 1.165) is 23.5 Å². The molecular formula is C12H15NO3. The van der Waals surface area contributed by atoms with Crippen molar-refractivity contribution in [1.29, 1.82) is 0 Å². The first-order valence-corrected chi connectivity index (χ1v) is 5.61. The highest BCUT2D eigenvalue weighted by molar-refractivity contribution is 5.45. The number of benzene rings is 1. The van der Waals surface area contributed by atoms with Gasteiger partial charge in [-0.15, -0.1) is 0 Å². The summed E-state index contributed by atoms with van der Waals surface area (Å²) in [4.78, 5) is 0. The minimum absolute atomic E-state index is 0.604. The molecular weight excluding hydrogens is 206 g/mol. The van der Waals surface area contributed by atoms with E-state index in [1.54, 1.807) is 0 Å². The summed E-state index contributed by atoms with van der Waals surface area (Å²) in [6.07, 6.45) is 0.899. The van der Waals surface area contributed by atoms with Gasteiger partial charge in [-0.3, -0.25) is 0 Å². The van der Waals surface area contributed by atoms with Crippen molar-refractivity contribution in [2.75, 3.05) is 26.3 Å². The Morgan fingerprint density at radius 1 is 1.12 bits per heavy atom. The van der Waals surface area contributed by atoms with Crippen LogP contribution in [-0.2, 0) is 5.60 Å². The molecule has 2 aliphatic rings. The van der Waals surface area contributed by atoms with Gasteiger partial charge in [0.25, 0.3) is 0 Å². The van der Waals surface area contributed by atoms with Crippen molar-refractivity contribution in [2.45, 2.75) is 12.0 Å². The lowest BCUT2D eigenvalue weighted by atomic mass is 9.88. The second kappa shape index (κ2) is 3.64. The Hall–Kier alpha value is -1.26. The molecule has 1 saturated heterocycles. The fourth-order valence-electron chi connectivity index (χ4n) is 2.02. The Morgan fingerprint density at radius 3 is 2.56 bits per heavy atom.